The van der Waals surface area contributed by atoms with Gasteiger partial charge in [-0.1, -0.05) is 11.6 Å². The minimum Gasteiger partial charge on any atom is -0.506 e. The number of carbonyl (C=O) groups is 2. The third kappa shape index (κ3) is 4.63. The molecule has 0 aliphatic carbocycles. The van der Waals surface area contributed by atoms with E-state index >= 15 is 0 Å². The molecule has 0 unspecified atom stereocenters. The van der Waals surface area contributed by atoms with Crippen LogP contribution in [-0.4, -0.2) is 23.0 Å². The molecule has 0 fully saturated rings. The van der Waals surface area contributed by atoms with E-state index < -0.39 is 40.4 Å². The van der Waals surface area contributed by atoms with Crippen molar-refractivity contribution >= 4 is 23.4 Å². The van der Waals surface area contributed by atoms with E-state index in [1.807, 2.05) is 0 Å². The third-order valence-corrected chi connectivity index (χ3v) is 2.90. The number of esters is 1. The summed E-state index contributed by atoms with van der Waals surface area (Å²) in [6, 6.07) is 1.76. The molecule has 1 N–H and O–H groups in total. The number of hydrogen-bond donors (Lipinski definition) is 1. The van der Waals surface area contributed by atoms with Gasteiger partial charge in [0.2, 0.25) is 0 Å². The van der Waals surface area contributed by atoms with Crippen LogP contribution in [0.2, 0.25) is 5.02 Å². The summed E-state index contributed by atoms with van der Waals surface area (Å²) in [6.07, 6.45) is -6.27. The molecule has 0 aromatic heterocycles. The Hall–Kier alpha value is -1.76. The largest absolute Gasteiger partial charge is 0.506 e. The fraction of sp³-hybridized carbons (Fsp3) is 0.385. The van der Waals surface area contributed by atoms with Crippen LogP contribution in [0, 0.1) is 0 Å². The van der Waals surface area contributed by atoms with Crippen LogP contribution in [0.3, 0.4) is 0 Å². The number of alkyl halides is 3. The Kier molecular flexibility index (Phi) is 5.22. The van der Waals surface area contributed by atoms with Crippen LogP contribution in [0.15, 0.2) is 12.1 Å². The van der Waals surface area contributed by atoms with Crippen molar-refractivity contribution in [1.29, 1.82) is 0 Å². The topological polar surface area (TPSA) is 63.6 Å². The highest BCUT2D eigenvalue weighted by Gasteiger charge is 2.35. The van der Waals surface area contributed by atoms with E-state index in [4.69, 9.17) is 16.3 Å². The summed E-state index contributed by atoms with van der Waals surface area (Å²) in [7, 11) is 0. The fourth-order valence-corrected chi connectivity index (χ4v) is 1.91. The van der Waals surface area contributed by atoms with Crippen molar-refractivity contribution in [2.75, 3.05) is 0 Å². The van der Waals surface area contributed by atoms with E-state index in [0.29, 0.717) is 6.07 Å². The van der Waals surface area contributed by atoms with Gasteiger partial charge in [0.25, 0.3) is 0 Å². The Morgan fingerprint density at radius 1 is 1.33 bits per heavy atom. The first-order valence-electron chi connectivity index (χ1n) is 5.78. The van der Waals surface area contributed by atoms with Gasteiger partial charge in [-0.05, 0) is 24.6 Å². The summed E-state index contributed by atoms with van der Waals surface area (Å²) >= 11 is 5.55. The molecule has 0 saturated carbocycles. The maximum absolute atomic E-state index is 12.7. The monoisotopic (exact) mass is 324 g/mol. The van der Waals surface area contributed by atoms with Crippen LogP contribution in [0.4, 0.5) is 13.2 Å². The molecule has 0 amide bonds. The van der Waals surface area contributed by atoms with Crippen molar-refractivity contribution < 1.29 is 32.6 Å². The van der Waals surface area contributed by atoms with Gasteiger partial charge in [-0.2, -0.15) is 13.2 Å². The molecule has 4 nitrogen and oxygen atoms in total. The SMILES string of the molecule is CC(=O)O[C@H](Cc1cc(Cl)c(O)c(C(F)(F)F)c1)C(C)=O. The van der Waals surface area contributed by atoms with Crippen molar-refractivity contribution in [3.63, 3.8) is 0 Å². The van der Waals surface area contributed by atoms with Gasteiger partial charge in [0.05, 0.1) is 10.6 Å². The minimum absolute atomic E-state index is 0.0200. The van der Waals surface area contributed by atoms with Gasteiger partial charge >= 0.3 is 12.1 Å². The van der Waals surface area contributed by atoms with Crippen LogP contribution in [0.5, 0.6) is 5.75 Å². The first-order valence-corrected chi connectivity index (χ1v) is 6.16. The Balaban J connectivity index is 3.16. The summed E-state index contributed by atoms with van der Waals surface area (Å²) in [5.74, 6) is -2.32. The number of ether oxygens (including phenoxy) is 1. The maximum atomic E-state index is 12.7. The van der Waals surface area contributed by atoms with Crippen molar-refractivity contribution in [3.05, 3.63) is 28.3 Å². The van der Waals surface area contributed by atoms with Crippen LogP contribution >= 0.6 is 11.6 Å². The van der Waals surface area contributed by atoms with Gasteiger partial charge in [-0.3, -0.25) is 9.59 Å². The molecule has 0 aliphatic rings. The van der Waals surface area contributed by atoms with Gasteiger partial charge in [-0.25, -0.2) is 0 Å². The lowest BCUT2D eigenvalue weighted by atomic mass is 10.0. The zero-order chi connectivity index (χ0) is 16.4. The van der Waals surface area contributed by atoms with Crippen LogP contribution in [0.25, 0.3) is 0 Å². The Morgan fingerprint density at radius 2 is 1.90 bits per heavy atom. The molecule has 1 atom stereocenters. The molecular formula is C13H12ClF3O4. The molecular weight excluding hydrogens is 313 g/mol. The van der Waals surface area contributed by atoms with E-state index in [2.05, 4.69) is 0 Å². The summed E-state index contributed by atoms with van der Waals surface area (Å²) in [5, 5.41) is 8.85. The van der Waals surface area contributed by atoms with Crippen molar-refractivity contribution in [3.8, 4) is 5.75 Å². The summed E-state index contributed by atoms with van der Waals surface area (Å²) in [4.78, 5) is 22.2. The summed E-state index contributed by atoms with van der Waals surface area (Å²) < 4.78 is 43.0. The number of ketones is 1. The number of hydrogen-bond acceptors (Lipinski definition) is 4. The van der Waals surface area contributed by atoms with Crippen molar-refractivity contribution in [1.82, 2.24) is 0 Å². The zero-order valence-electron chi connectivity index (χ0n) is 11.1. The lowest BCUT2D eigenvalue weighted by molar-refractivity contribution is -0.152. The van der Waals surface area contributed by atoms with Gasteiger partial charge in [0.1, 0.15) is 5.75 Å². The molecule has 116 valence electrons. The van der Waals surface area contributed by atoms with E-state index in [1.165, 1.54) is 0 Å². The molecule has 0 aliphatic heterocycles. The van der Waals surface area contributed by atoms with Crippen LogP contribution in [0.1, 0.15) is 25.0 Å². The van der Waals surface area contributed by atoms with E-state index in [9.17, 15) is 27.9 Å². The predicted octanol–water partition coefficient (Wildman–Crippen LogP) is 3.13. The summed E-state index contributed by atoms with van der Waals surface area (Å²) in [5.41, 5.74) is -1.29. The summed E-state index contributed by atoms with van der Waals surface area (Å²) in [6.45, 7) is 2.24. The highest BCUT2D eigenvalue weighted by Crippen LogP contribution is 2.40. The zero-order valence-corrected chi connectivity index (χ0v) is 11.9. The fourth-order valence-electron chi connectivity index (χ4n) is 1.67. The molecule has 0 spiro atoms. The second kappa shape index (κ2) is 6.34. The Bertz CT molecular complexity index is 569. The van der Waals surface area contributed by atoms with Crippen molar-refractivity contribution in [2.24, 2.45) is 0 Å². The standard InChI is InChI=1S/C13H12ClF3O4/c1-6(18)11(21-7(2)19)5-8-3-9(13(15,16)17)12(20)10(14)4-8/h3-4,11,20H,5H2,1-2H3/t11-/m1/s1. The average Bonchev–Trinajstić information content (AvgIpc) is 2.30. The highest BCUT2D eigenvalue weighted by atomic mass is 35.5. The number of phenolic OH excluding ortho intramolecular Hbond substituents is 1. The first-order chi connectivity index (χ1) is 9.52. The number of phenols is 1. The molecule has 0 radical (unpaired) electrons. The number of Topliss-reactive ketones (excluding diaryl/α,β-unsaturated/α-hetero) is 1. The molecule has 0 bridgehead atoms. The second-order valence-electron chi connectivity index (χ2n) is 4.38. The predicted molar refractivity (Wildman–Crippen MR) is 68.1 cm³/mol. The lowest BCUT2D eigenvalue weighted by Crippen LogP contribution is -2.26. The normalized spacial score (nSPS) is 12.9. The smallest absolute Gasteiger partial charge is 0.420 e. The molecule has 0 saturated heterocycles. The van der Waals surface area contributed by atoms with Crippen molar-refractivity contribution in [2.45, 2.75) is 32.5 Å². The van der Waals surface area contributed by atoms with Gasteiger partial charge in [0, 0.05) is 13.3 Å². The molecule has 0 heterocycles. The number of aromatic hydroxyl groups is 1. The quantitative estimate of drug-likeness (QED) is 0.864. The van der Waals surface area contributed by atoms with Crippen LogP contribution < -0.4 is 0 Å². The van der Waals surface area contributed by atoms with E-state index in [-0.39, 0.29) is 12.0 Å². The third-order valence-electron chi connectivity index (χ3n) is 2.61. The number of rotatable bonds is 4. The first kappa shape index (κ1) is 17.3. The average molecular weight is 325 g/mol. The van der Waals surface area contributed by atoms with E-state index in [1.54, 1.807) is 0 Å². The number of halogens is 4. The van der Waals surface area contributed by atoms with Crippen LogP contribution in [-0.2, 0) is 26.9 Å². The number of benzene rings is 1. The van der Waals surface area contributed by atoms with E-state index in [0.717, 1.165) is 19.9 Å². The Morgan fingerprint density at radius 3 is 2.33 bits per heavy atom. The van der Waals surface area contributed by atoms with Gasteiger partial charge in [0.15, 0.2) is 11.9 Å². The highest BCUT2D eigenvalue weighted by molar-refractivity contribution is 6.32. The number of carbonyl (C=O) groups excluding carboxylic acids is 2. The molecule has 8 heteroatoms. The molecule has 1 aromatic rings. The van der Waals surface area contributed by atoms with Gasteiger partial charge in [-0.15, -0.1) is 0 Å². The minimum atomic E-state index is -4.79. The lowest BCUT2D eigenvalue weighted by Gasteiger charge is -2.16. The maximum Gasteiger partial charge on any atom is 0.420 e. The Labute approximate surface area is 123 Å². The molecule has 1 aromatic carbocycles. The second-order valence-corrected chi connectivity index (χ2v) is 4.79. The molecule has 21 heavy (non-hydrogen) atoms. The molecule has 1 rings (SSSR count). The van der Waals surface area contributed by atoms with Gasteiger partial charge < -0.3 is 9.84 Å².